The average Bonchev–Trinajstić information content (AvgIpc) is 2.85. The van der Waals surface area contributed by atoms with E-state index in [9.17, 15) is 0 Å². The van der Waals surface area contributed by atoms with Gasteiger partial charge in [-0.25, -0.2) is 4.98 Å². The Hall–Kier alpha value is -1.13. The molecule has 2 aromatic rings. The molecule has 0 fully saturated rings. The van der Waals surface area contributed by atoms with Crippen molar-refractivity contribution in [3.63, 3.8) is 0 Å². The fourth-order valence-corrected chi connectivity index (χ4v) is 2.38. The Bertz CT molecular complexity index is 505. The van der Waals surface area contributed by atoms with Crippen molar-refractivity contribution >= 4 is 11.3 Å². The van der Waals surface area contributed by atoms with Gasteiger partial charge in [0, 0.05) is 29.4 Å². The maximum absolute atomic E-state index is 4.51. The quantitative estimate of drug-likeness (QED) is 0.918. The molecule has 0 radical (unpaired) electrons. The Labute approximate surface area is 113 Å². The van der Waals surface area contributed by atoms with Crippen molar-refractivity contribution in [1.29, 1.82) is 0 Å². The summed E-state index contributed by atoms with van der Waals surface area (Å²) >= 11 is 1.71. The first kappa shape index (κ1) is 13.3. The van der Waals surface area contributed by atoms with E-state index in [-0.39, 0.29) is 5.54 Å². The van der Waals surface area contributed by atoms with Gasteiger partial charge in [0.05, 0.1) is 17.2 Å². The Balaban J connectivity index is 2.03. The number of thiazole rings is 1. The lowest BCUT2D eigenvalue weighted by Crippen LogP contribution is -2.35. The molecule has 0 atom stereocenters. The van der Waals surface area contributed by atoms with E-state index in [2.05, 4.69) is 59.3 Å². The van der Waals surface area contributed by atoms with Crippen molar-refractivity contribution in [2.75, 3.05) is 0 Å². The molecule has 0 unspecified atom stereocenters. The summed E-state index contributed by atoms with van der Waals surface area (Å²) in [5.74, 6) is 0. The Kier molecular flexibility index (Phi) is 3.88. The van der Waals surface area contributed by atoms with Gasteiger partial charge in [0.25, 0.3) is 0 Å². The van der Waals surface area contributed by atoms with Gasteiger partial charge >= 0.3 is 0 Å². The molecule has 1 N–H and O–H groups in total. The molecule has 0 aliphatic heterocycles. The minimum absolute atomic E-state index is 0.145. The number of nitrogens with zero attached hydrogens (tertiary/aromatic N) is 2. The molecule has 0 aliphatic rings. The Morgan fingerprint density at radius 1 is 1.39 bits per heavy atom. The first-order valence-corrected chi connectivity index (χ1v) is 7.12. The van der Waals surface area contributed by atoms with Gasteiger partial charge in [-0.3, -0.25) is 0 Å². The smallest absolute Gasteiger partial charge is 0.0898 e. The number of aromatic nitrogens is 2. The van der Waals surface area contributed by atoms with Crippen LogP contribution in [0.2, 0.25) is 0 Å². The molecule has 0 aliphatic carbocycles. The Morgan fingerprint density at radius 2 is 2.17 bits per heavy atom. The van der Waals surface area contributed by atoms with Crippen LogP contribution in [0.1, 0.15) is 37.2 Å². The van der Waals surface area contributed by atoms with Crippen molar-refractivity contribution in [2.24, 2.45) is 0 Å². The molecule has 2 aromatic heterocycles. The van der Waals surface area contributed by atoms with Gasteiger partial charge in [0.15, 0.2) is 0 Å². The summed E-state index contributed by atoms with van der Waals surface area (Å²) in [6.07, 6.45) is 2.12. The zero-order valence-corrected chi connectivity index (χ0v) is 12.3. The largest absolute Gasteiger partial charge is 0.344 e. The monoisotopic (exact) mass is 263 g/mol. The molecule has 0 spiro atoms. The third kappa shape index (κ3) is 3.68. The molecule has 0 aromatic carbocycles. The van der Waals surface area contributed by atoms with Crippen LogP contribution in [0.4, 0.5) is 0 Å². The molecule has 0 amide bonds. The van der Waals surface area contributed by atoms with E-state index in [1.807, 2.05) is 6.92 Å². The van der Waals surface area contributed by atoms with Crippen molar-refractivity contribution in [1.82, 2.24) is 14.9 Å². The molecule has 18 heavy (non-hydrogen) atoms. The fourth-order valence-electron chi connectivity index (χ4n) is 1.78. The van der Waals surface area contributed by atoms with Gasteiger partial charge in [-0.15, -0.1) is 11.3 Å². The second-order valence-electron chi connectivity index (χ2n) is 5.59. The highest BCUT2D eigenvalue weighted by molar-refractivity contribution is 7.09. The molecule has 2 rings (SSSR count). The molecule has 2 heterocycles. The zero-order valence-electron chi connectivity index (χ0n) is 11.5. The zero-order chi connectivity index (χ0) is 13.2. The van der Waals surface area contributed by atoms with Crippen LogP contribution < -0.4 is 5.32 Å². The summed E-state index contributed by atoms with van der Waals surface area (Å²) in [5, 5.41) is 6.78. The Morgan fingerprint density at radius 3 is 2.78 bits per heavy atom. The molecule has 4 heteroatoms. The van der Waals surface area contributed by atoms with E-state index in [0.29, 0.717) is 0 Å². The summed E-state index contributed by atoms with van der Waals surface area (Å²) in [6, 6.07) is 4.26. The van der Waals surface area contributed by atoms with Crippen LogP contribution in [0, 0.1) is 6.92 Å². The van der Waals surface area contributed by atoms with Crippen molar-refractivity contribution in [2.45, 2.75) is 46.3 Å². The normalized spacial score (nSPS) is 12.0. The predicted molar refractivity (Wildman–Crippen MR) is 77.0 cm³/mol. The third-order valence-corrected chi connectivity index (χ3v) is 3.54. The van der Waals surface area contributed by atoms with Crippen LogP contribution in [0.3, 0.4) is 0 Å². The van der Waals surface area contributed by atoms with E-state index >= 15 is 0 Å². The minimum atomic E-state index is 0.145. The lowest BCUT2D eigenvalue weighted by Gasteiger charge is -2.21. The predicted octanol–water partition coefficient (Wildman–Crippen LogP) is 3.19. The van der Waals surface area contributed by atoms with Crippen LogP contribution in [0.5, 0.6) is 0 Å². The lowest BCUT2D eigenvalue weighted by molar-refractivity contribution is 0.416. The van der Waals surface area contributed by atoms with Gasteiger partial charge in [-0.1, -0.05) is 0 Å². The van der Waals surface area contributed by atoms with Crippen LogP contribution in [-0.4, -0.2) is 15.1 Å². The highest BCUT2D eigenvalue weighted by atomic mass is 32.1. The number of rotatable bonds is 4. The number of hydrogen-bond acceptors (Lipinski definition) is 3. The molecule has 0 bridgehead atoms. The molecular weight excluding hydrogens is 242 g/mol. The van der Waals surface area contributed by atoms with E-state index in [1.54, 1.807) is 11.3 Å². The van der Waals surface area contributed by atoms with Crippen LogP contribution in [-0.2, 0) is 13.1 Å². The number of aryl methyl sites for hydroxylation is 1. The SMILES string of the molecule is Cc1nc(Cn2cccc2CNC(C)(C)C)cs1. The van der Waals surface area contributed by atoms with E-state index in [0.717, 1.165) is 23.8 Å². The molecule has 98 valence electrons. The first-order chi connectivity index (χ1) is 8.44. The first-order valence-electron chi connectivity index (χ1n) is 6.24. The van der Waals surface area contributed by atoms with Gasteiger partial charge in [0.2, 0.25) is 0 Å². The molecular formula is C14H21N3S. The molecule has 3 nitrogen and oxygen atoms in total. The highest BCUT2D eigenvalue weighted by Gasteiger charge is 2.10. The maximum atomic E-state index is 4.51. The van der Waals surface area contributed by atoms with Gasteiger partial charge in [-0.05, 0) is 39.8 Å². The van der Waals surface area contributed by atoms with Crippen LogP contribution in [0.25, 0.3) is 0 Å². The third-order valence-electron chi connectivity index (χ3n) is 2.72. The van der Waals surface area contributed by atoms with Gasteiger partial charge in [0.1, 0.15) is 0 Å². The summed E-state index contributed by atoms with van der Waals surface area (Å²) in [7, 11) is 0. The topological polar surface area (TPSA) is 29.9 Å². The second-order valence-corrected chi connectivity index (χ2v) is 6.65. The van der Waals surface area contributed by atoms with Crippen LogP contribution >= 0.6 is 11.3 Å². The summed E-state index contributed by atoms with van der Waals surface area (Å²) in [6.45, 7) is 10.3. The van der Waals surface area contributed by atoms with Gasteiger partial charge in [-0.2, -0.15) is 0 Å². The molecule has 0 saturated heterocycles. The summed E-state index contributed by atoms with van der Waals surface area (Å²) in [4.78, 5) is 4.51. The standard InChI is InChI=1S/C14H21N3S/c1-11-16-12(10-18-11)9-17-7-5-6-13(17)8-15-14(2,3)4/h5-7,10,15H,8-9H2,1-4H3. The summed E-state index contributed by atoms with van der Waals surface area (Å²) < 4.78 is 2.26. The van der Waals surface area contributed by atoms with Crippen molar-refractivity contribution in [3.05, 3.63) is 40.1 Å². The number of hydrogen-bond donors (Lipinski definition) is 1. The van der Waals surface area contributed by atoms with Crippen molar-refractivity contribution in [3.8, 4) is 0 Å². The molecule has 0 saturated carbocycles. The minimum Gasteiger partial charge on any atom is -0.344 e. The lowest BCUT2D eigenvalue weighted by atomic mass is 10.1. The van der Waals surface area contributed by atoms with E-state index in [1.165, 1.54) is 5.69 Å². The maximum Gasteiger partial charge on any atom is 0.0898 e. The number of nitrogens with one attached hydrogen (secondary N) is 1. The summed E-state index contributed by atoms with van der Waals surface area (Å²) in [5.41, 5.74) is 2.59. The van der Waals surface area contributed by atoms with E-state index in [4.69, 9.17) is 0 Å². The van der Waals surface area contributed by atoms with E-state index < -0.39 is 0 Å². The van der Waals surface area contributed by atoms with Gasteiger partial charge < -0.3 is 9.88 Å². The second kappa shape index (κ2) is 5.24. The van der Waals surface area contributed by atoms with Crippen LogP contribution in [0.15, 0.2) is 23.7 Å². The fraction of sp³-hybridized carbons (Fsp3) is 0.500. The average molecular weight is 263 g/mol. The van der Waals surface area contributed by atoms with Crippen molar-refractivity contribution < 1.29 is 0 Å². The highest BCUT2D eigenvalue weighted by Crippen LogP contribution is 2.12.